The molecule has 6 aliphatic rings. The zero-order chi connectivity index (χ0) is 38.9. The highest BCUT2D eigenvalue weighted by atomic mass is 16.9. The molecule has 15 nitrogen and oxygen atoms in total. The van der Waals surface area contributed by atoms with Gasteiger partial charge in [0.1, 0.15) is 24.4 Å². The quantitative estimate of drug-likeness (QED) is 0.314. The van der Waals surface area contributed by atoms with Crippen molar-refractivity contribution < 1.29 is 71.2 Å². The van der Waals surface area contributed by atoms with Gasteiger partial charge < -0.3 is 61.6 Å². The summed E-state index contributed by atoms with van der Waals surface area (Å²) in [5.74, 6) is -5.32. The molecule has 6 fully saturated rings. The highest BCUT2D eigenvalue weighted by molar-refractivity contribution is 5.80. The van der Waals surface area contributed by atoms with Crippen molar-refractivity contribution in [2.75, 3.05) is 13.2 Å². The van der Waals surface area contributed by atoms with Crippen LogP contribution in [0.5, 0.6) is 0 Å². The van der Waals surface area contributed by atoms with Crippen LogP contribution >= 0.6 is 0 Å². The van der Waals surface area contributed by atoms with Crippen molar-refractivity contribution in [3.8, 4) is 0 Å². The number of esters is 2. The summed E-state index contributed by atoms with van der Waals surface area (Å²) in [6.07, 6.45) is -10.8. The number of benzene rings is 2. The van der Waals surface area contributed by atoms with E-state index in [1.165, 1.54) is 0 Å². The second-order valence-electron chi connectivity index (χ2n) is 16.4. The molecule has 0 saturated carbocycles. The average molecular weight is 771 g/mol. The minimum Gasteiger partial charge on any atom is -0.454 e. The highest BCUT2D eigenvalue weighted by Gasteiger charge is 2.62. The maximum atomic E-state index is 14.6. The number of fused-ring (bicyclic) bond motifs is 2. The van der Waals surface area contributed by atoms with Gasteiger partial charge >= 0.3 is 11.9 Å². The standard InChI is InChI=1S/C40H50O15/c1-37(2)43-19-23(50-37)27-29(31-35(48-27)54-39(5,6)52-31)46-33(41)25(21-15-11-9-12-16-21)45-26(22-17-13-10-14-18-22)34(42)47-30-28(24-20-44-38(3,4)51-24)49-36-32(30)53-40(7,8)55-36/h9-18,23-32,35-36H,19-20H2,1-8H3/t23-,24-,25+,26+,27-,28-,29-,30-,31-,32-,35-,36-/m1/s1. The molecule has 0 bridgehead atoms. The van der Waals surface area contributed by atoms with Crippen LogP contribution in [0.4, 0.5) is 0 Å². The molecule has 0 spiro atoms. The van der Waals surface area contributed by atoms with Crippen molar-refractivity contribution in [1.29, 1.82) is 0 Å². The Morgan fingerprint density at radius 3 is 1.25 bits per heavy atom. The summed E-state index contributed by atoms with van der Waals surface area (Å²) in [5, 5.41) is 0. The van der Waals surface area contributed by atoms with Crippen LogP contribution in [0, 0.1) is 0 Å². The van der Waals surface area contributed by atoms with Gasteiger partial charge in [0.05, 0.1) is 13.2 Å². The first kappa shape index (κ1) is 38.8. The zero-order valence-corrected chi connectivity index (χ0v) is 32.2. The van der Waals surface area contributed by atoms with Crippen LogP contribution in [0.2, 0.25) is 0 Å². The van der Waals surface area contributed by atoms with Crippen molar-refractivity contribution in [2.24, 2.45) is 0 Å². The van der Waals surface area contributed by atoms with Gasteiger partial charge in [-0.25, -0.2) is 9.59 Å². The summed E-state index contributed by atoms with van der Waals surface area (Å²) in [4.78, 5) is 29.1. The molecule has 12 atom stereocenters. The van der Waals surface area contributed by atoms with Gasteiger partial charge in [-0.1, -0.05) is 60.7 Å². The van der Waals surface area contributed by atoms with Crippen LogP contribution in [-0.4, -0.2) is 110 Å². The number of carbonyl (C=O) groups is 2. The Labute approximate surface area is 319 Å². The van der Waals surface area contributed by atoms with E-state index in [9.17, 15) is 9.59 Å². The monoisotopic (exact) mass is 770 g/mol. The van der Waals surface area contributed by atoms with Gasteiger partial charge in [-0.2, -0.15) is 0 Å². The van der Waals surface area contributed by atoms with Crippen molar-refractivity contribution >= 4 is 11.9 Å². The minimum absolute atomic E-state index is 0.199. The average Bonchev–Trinajstić information content (AvgIpc) is 3.94. The molecular weight excluding hydrogens is 720 g/mol. The molecule has 55 heavy (non-hydrogen) atoms. The van der Waals surface area contributed by atoms with Crippen molar-refractivity contribution in [2.45, 2.75) is 152 Å². The third kappa shape index (κ3) is 8.07. The van der Waals surface area contributed by atoms with Gasteiger partial charge in [0.25, 0.3) is 0 Å². The van der Waals surface area contributed by atoms with Gasteiger partial charge in [0.2, 0.25) is 0 Å². The summed E-state index contributed by atoms with van der Waals surface area (Å²) in [6.45, 7) is 14.6. The summed E-state index contributed by atoms with van der Waals surface area (Å²) in [5.41, 5.74) is 0.878. The SMILES string of the molecule is CC1(C)O[C@H]2O[C@H]([C@H]3COC(C)(C)O3)[C@@H](OC(=O)[C@@H](O[C@H](C(=O)O[C@H]3[C@H]4OC(C)(C)O[C@H]4O[C@@H]3[C@H]3COC(C)(C)O3)c3ccccc3)c3ccccc3)[C@H]2O1. The Bertz CT molecular complexity index is 1570. The second-order valence-corrected chi connectivity index (χ2v) is 16.4. The minimum atomic E-state index is -1.41. The van der Waals surface area contributed by atoms with Gasteiger partial charge in [0, 0.05) is 0 Å². The van der Waals surface area contributed by atoms with E-state index in [2.05, 4.69) is 0 Å². The van der Waals surface area contributed by atoms with E-state index in [0.717, 1.165) is 0 Å². The zero-order valence-electron chi connectivity index (χ0n) is 32.2. The van der Waals surface area contributed by atoms with Crippen LogP contribution in [0.1, 0.15) is 78.7 Å². The molecule has 8 rings (SSSR count). The molecule has 0 aromatic heterocycles. The predicted molar refractivity (Wildman–Crippen MR) is 186 cm³/mol. The van der Waals surface area contributed by atoms with E-state index in [-0.39, 0.29) is 13.2 Å². The van der Waals surface area contributed by atoms with Crippen LogP contribution in [0.15, 0.2) is 60.7 Å². The lowest BCUT2D eigenvalue weighted by Crippen LogP contribution is -2.46. The molecule has 0 N–H and O–H groups in total. The van der Waals surface area contributed by atoms with Gasteiger partial charge in [-0.05, 0) is 66.5 Å². The van der Waals surface area contributed by atoms with Crippen molar-refractivity contribution in [3.63, 3.8) is 0 Å². The molecular formula is C40H50O15. The first-order chi connectivity index (χ1) is 26.0. The van der Waals surface area contributed by atoms with E-state index in [4.69, 9.17) is 61.6 Å². The fraction of sp³-hybridized carbons (Fsp3) is 0.650. The first-order valence-corrected chi connectivity index (χ1v) is 18.8. The Kier molecular flexibility index (Phi) is 10.2. The molecule has 0 aliphatic carbocycles. The number of carbonyl (C=O) groups excluding carboxylic acids is 2. The second kappa shape index (κ2) is 14.4. The normalized spacial score (nSPS) is 37.6. The molecule has 0 radical (unpaired) electrons. The molecule has 0 unspecified atom stereocenters. The predicted octanol–water partition coefficient (Wildman–Crippen LogP) is 4.37. The van der Waals surface area contributed by atoms with Crippen LogP contribution in [0.3, 0.4) is 0 Å². The largest absolute Gasteiger partial charge is 0.454 e. The molecule has 6 aliphatic heterocycles. The van der Waals surface area contributed by atoms with E-state index in [1.807, 2.05) is 12.1 Å². The molecule has 2 aromatic rings. The smallest absolute Gasteiger partial charge is 0.340 e. The number of hydrogen-bond donors (Lipinski definition) is 0. The molecule has 6 saturated heterocycles. The molecule has 2 aromatic carbocycles. The van der Waals surface area contributed by atoms with Gasteiger partial charge in [0.15, 0.2) is 72.4 Å². The van der Waals surface area contributed by atoms with Crippen LogP contribution in [-0.2, 0) is 71.2 Å². The Morgan fingerprint density at radius 1 is 0.527 bits per heavy atom. The summed E-state index contributed by atoms with van der Waals surface area (Å²) in [7, 11) is 0. The Balaban J connectivity index is 1.08. The van der Waals surface area contributed by atoms with Crippen LogP contribution in [0.25, 0.3) is 0 Å². The molecule has 15 heteroatoms. The maximum Gasteiger partial charge on any atom is 0.340 e. The number of rotatable bonds is 10. The van der Waals surface area contributed by atoms with E-state index in [1.54, 1.807) is 104 Å². The first-order valence-electron chi connectivity index (χ1n) is 18.8. The van der Waals surface area contributed by atoms with Gasteiger partial charge in [-0.15, -0.1) is 0 Å². The van der Waals surface area contributed by atoms with E-state index < -0.39 is 109 Å². The fourth-order valence-electron chi connectivity index (χ4n) is 7.95. The third-order valence-electron chi connectivity index (χ3n) is 10.3. The third-order valence-corrected chi connectivity index (χ3v) is 10.3. The number of hydrogen-bond acceptors (Lipinski definition) is 15. The lowest BCUT2D eigenvalue weighted by molar-refractivity contribution is -0.239. The van der Waals surface area contributed by atoms with E-state index >= 15 is 0 Å². The Hall–Kier alpha value is -3.06. The van der Waals surface area contributed by atoms with Crippen molar-refractivity contribution in [3.05, 3.63) is 71.8 Å². The topological polar surface area (TPSA) is 154 Å². The maximum absolute atomic E-state index is 14.6. The number of ether oxygens (including phenoxy) is 13. The lowest BCUT2D eigenvalue weighted by atomic mass is 10.0. The van der Waals surface area contributed by atoms with Crippen molar-refractivity contribution in [1.82, 2.24) is 0 Å². The lowest BCUT2D eigenvalue weighted by Gasteiger charge is -2.31. The van der Waals surface area contributed by atoms with E-state index in [0.29, 0.717) is 11.1 Å². The highest BCUT2D eigenvalue weighted by Crippen LogP contribution is 2.45. The summed E-state index contributed by atoms with van der Waals surface area (Å²) < 4.78 is 80.1. The molecule has 300 valence electrons. The van der Waals surface area contributed by atoms with Crippen LogP contribution < -0.4 is 0 Å². The summed E-state index contributed by atoms with van der Waals surface area (Å²) >= 11 is 0. The summed E-state index contributed by atoms with van der Waals surface area (Å²) in [6, 6.07) is 17.5. The Morgan fingerprint density at radius 2 is 0.909 bits per heavy atom. The molecule has 6 heterocycles. The fourth-order valence-corrected chi connectivity index (χ4v) is 7.95. The molecule has 0 amide bonds. The van der Waals surface area contributed by atoms with Gasteiger partial charge in [-0.3, -0.25) is 0 Å².